The van der Waals surface area contributed by atoms with Gasteiger partial charge < -0.3 is 4.55 Å². The van der Waals surface area contributed by atoms with Crippen LogP contribution < -0.4 is 29.6 Å². The van der Waals surface area contributed by atoms with Crippen molar-refractivity contribution in [2.24, 2.45) is 0 Å². The zero-order chi connectivity index (χ0) is 12.3. The summed E-state index contributed by atoms with van der Waals surface area (Å²) in [6, 6.07) is 0. The Kier molecular flexibility index (Phi) is 15.4. The predicted octanol–water partition coefficient (Wildman–Crippen LogP) is 0.233. The van der Waals surface area contributed by atoms with Crippen LogP contribution in [0.4, 0.5) is 0 Å². The van der Waals surface area contributed by atoms with Gasteiger partial charge in [-0.1, -0.05) is 51.2 Å². The molecule has 0 radical (unpaired) electrons. The minimum Gasteiger partial charge on any atom is -0.748 e. The maximum absolute atomic E-state index is 10.3. The smallest absolute Gasteiger partial charge is 0.748 e. The number of unbranched alkanes of at least 4 members (excludes halogenated alkanes) is 6. The van der Waals surface area contributed by atoms with Gasteiger partial charge in [-0.15, -0.1) is 0 Å². The first-order chi connectivity index (χ1) is 7.56. The van der Waals surface area contributed by atoms with Crippen molar-refractivity contribution in [3.63, 3.8) is 0 Å². The van der Waals surface area contributed by atoms with Crippen molar-refractivity contribution in [2.75, 3.05) is 5.75 Å². The molecule has 0 saturated heterocycles. The van der Waals surface area contributed by atoms with E-state index in [1.807, 2.05) is 6.08 Å². The number of rotatable bonds is 10. The van der Waals surface area contributed by atoms with Gasteiger partial charge in [-0.3, -0.25) is 0 Å². The summed E-state index contributed by atoms with van der Waals surface area (Å²) >= 11 is 0. The van der Waals surface area contributed by atoms with E-state index in [0.29, 0.717) is 6.42 Å². The van der Waals surface area contributed by atoms with E-state index < -0.39 is 10.1 Å². The quantitative estimate of drug-likeness (QED) is 0.247. The molecule has 0 aliphatic heterocycles. The number of hydrogen-bond donors (Lipinski definition) is 0. The summed E-state index contributed by atoms with van der Waals surface area (Å²) in [6.45, 7) is 2.20. The van der Waals surface area contributed by atoms with Gasteiger partial charge in [0.05, 0.1) is 10.1 Å². The fourth-order valence-electron chi connectivity index (χ4n) is 1.49. The molecule has 0 N–H and O–H groups in total. The van der Waals surface area contributed by atoms with Crippen LogP contribution in [0.3, 0.4) is 0 Å². The molecule has 0 aromatic heterocycles. The van der Waals surface area contributed by atoms with Gasteiger partial charge in [-0.25, -0.2) is 8.42 Å². The maximum Gasteiger partial charge on any atom is 1.00 e. The molecule has 0 atom stereocenters. The van der Waals surface area contributed by atoms with Crippen molar-refractivity contribution in [3.8, 4) is 0 Å². The minimum absolute atomic E-state index is 0. The first-order valence-corrected chi connectivity index (χ1v) is 7.72. The molecule has 0 rings (SSSR count). The summed E-state index contributed by atoms with van der Waals surface area (Å²) in [5.74, 6) is -0.278. The van der Waals surface area contributed by atoms with Gasteiger partial charge in [0, 0.05) is 5.75 Å². The van der Waals surface area contributed by atoms with Crippen LogP contribution in [0, 0.1) is 0 Å². The standard InChI is InChI=1S/C12H24O3S.Na/c1-2-3-4-5-6-7-8-9-10-11-12-16(13,14)15;/h9-10H,2-8,11-12H2,1H3,(H,13,14,15);/q;+1/p-1/b10-9+;. The van der Waals surface area contributed by atoms with E-state index in [1.165, 1.54) is 32.1 Å². The van der Waals surface area contributed by atoms with Gasteiger partial charge >= 0.3 is 29.6 Å². The van der Waals surface area contributed by atoms with E-state index in [1.54, 1.807) is 6.08 Å². The van der Waals surface area contributed by atoms with Crippen molar-refractivity contribution in [3.05, 3.63) is 12.2 Å². The summed E-state index contributed by atoms with van der Waals surface area (Å²) in [7, 11) is -4.03. The molecule has 0 fully saturated rings. The predicted molar refractivity (Wildman–Crippen MR) is 66.3 cm³/mol. The topological polar surface area (TPSA) is 57.2 Å². The average Bonchev–Trinajstić information content (AvgIpc) is 2.19. The molecule has 96 valence electrons. The molecule has 0 aromatic carbocycles. The summed E-state index contributed by atoms with van der Waals surface area (Å²) in [6.07, 6.45) is 12.7. The molecule has 17 heavy (non-hydrogen) atoms. The van der Waals surface area contributed by atoms with E-state index >= 15 is 0 Å². The third-order valence-corrected chi connectivity index (χ3v) is 3.16. The van der Waals surface area contributed by atoms with E-state index in [0.717, 1.165) is 12.8 Å². The summed E-state index contributed by atoms with van der Waals surface area (Å²) < 4.78 is 30.8. The Morgan fingerprint density at radius 1 is 0.941 bits per heavy atom. The van der Waals surface area contributed by atoms with Crippen LogP contribution in [0.1, 0.15) is 58.3 Å². The van der Waals surface area contributed by atoms with Crippen molar-refractivity contribution in [2.45, 2.75) is 58.3 Å². The fourth-order valence-corrected chi connectivity index (χ4v) is 1.92. The Balaban J connectivity index is 0. The molecule has 0 unspecified atom stereocenters. The Morgan fingerprint density at radius 3 is 2.06 bits per heavy atom. The van der Waals surface area contributed by atoms with E-state index in [4.69, 9.17) is 0 Å². The van der Waals surface area contributed by atoms with Gasteiger partial charge in [0.25, 0.3) is 0 Å². The summed E-state index contributed by atoms with van der Waals surface area (Å²) in [5.41, 5.74) is 0. The fraction of sp³-hybridized carbons (Fsp3) is 0.833. The SMILES string of the molecule is CCCCCCCC/C=C/CCS(=O)(=O)[O-].[Na+]. The largest absolute Gasteiger partial charge is 1.00 e. The summed E-state index contributed by atoms with van der Waals surface area (Å²) in [5, 5.41) is 0. The molecule has 0 saturated carbocycles. The zero-order valence-electron chi connectivity index (χ0n) is 11.2. The maximum atomic E-state index is 10.3. The Bertz CT molecular complexity index is 273. The van der Waals surface area contributed by atoms with Gasteiger partial charge in [-0.05, 0) is 19.3 Å². The van der Waals surface area contributed by atoms with Crippen LogP contribution in [0.15, 0.2) is 12.2 Å². The van der Waals surface area contributed by atoms with Crippen LogP contribution in [-0.2, 0) is 10.1 Å². The first-order valence-electron chi connectivity index (χ1n) is 6.15. The first kappa shape index (κ1) is 20.0. The Hall–Kier alpha value is 0.650. The summed E-state index contributed by atoms with van der Waals surface area (Å²) in [4.78, 5) is 0. The van der Waals surface area contributed by atoms with E-state index in [2.05, 4.69) is 6.92 Å². The molecular formula is C12H23NaO3S. The van der Waals surface area contributed by atoms with Crippen LogP contribution in [-0.4, -0.2) is 18.7 Å². The zero-order valence-corrected chi connectivity index (χ0v) is 14.0. The van der Waals surface area contributed by atoms with Gasteiger partial charge in [0.1, 0.15) is 0 Å². The number of hydrogen-bond acceptors (Lipinski definition) is 3. The van der Waals surface area contributed by atoms with Crippen LogP contribution >= 0.6 is 0 Å². The normalized spacial score (nSPS) is 11.6. The third-order valence-electron chi connectivity index (χ3n) is 2.43. The second-order valence-electron chi connectivity index (χ2n) is 4.08. The van der Waals surface area contributed by atoms with Gasteiger partial charge in [0.2, 0.25) is 0 Å². The van der Waals surface area contributed by atoms with Crippen molar-refractivity contribution >= 4 is 10.1 Å². The van der Waals surface area contributed by atoms with Gasteiger partial charge in [-0.2, -0.15) is 0 Å². The second kappa shape index (κ2) is 13.1. The van der Waals surface area contributed by atoms with Crippen LogP contribution in [0.2, 0.25) is 0 Å². The number of allylic oxidation sites excluding steroid dienone is 2. The van der Waals surface area contributed by atoms with Crippen molar-refractivity contribution in [1.29, 1.82) is 0 Å². The Labute approximate surface area is 128 Å². The molecule has 0 bridgehead atoms. The van der Waals surface area contributed by atoms with Crippen LogP contribution in [0.25, 0.3) is 0 Å². The van der Waals surface area contributed by atoms with Crippen LogP contribution in [0.5, 0.6) is 0 Å². The minimum atomic E-state index is -4.03. The molecule has 0 amide bonds. The third kappa shape index (κ3) is 19.2. The van der Waals surface area contributed by atoms with E-state index in [-0.39, 0.29) is 35.3 Å². The molecule has 0 spiro atoms. The van der Waals surface area contributed by atoms with Crippen molar-refractivity contribution in [1.82, 2.24) is 0 Å². The molecule has 0 heterocycles. The molecular weight excluding hydrogens is 247 g/mol. The molecule has 0 aromatic rings. The molecule has 0 aliphatic carbocycles. The molecule has 3 nitrogen and oxygen atoms in total. The monoisotopic (exact) mass is 270 g/mol. The Morgan fingerprint density at radius 2 is 1.47 bits per heavy atom. The van der Waals surface area contributed by atoms with E-state index in [9.17, 15) is 13.0 Å². The van der Waals surface area contributed by atoms with Gasteiger partial charge in [0.15, 0.2) is 0 Å². The van der Waals surface area contributed by atoms with Crippen molar-refractivity contribution < 1.29 is 42.5 Å². The molecule has 0 aliphatic rings. The second-order valence-corrected chi connectivity index (χ2v) is 5.60. The average molecular weight is 270 g/mol. The molecule has 5 heteroatoms.